The first-order valence-electron chi connectivity index (χ1n) is 5.68. The predicted molar refractivity (Wildman–Crippen MR) is 73.2 cm³/mol. The van der Waals surface area contributed by atoms with Crippen LogP contribution in [-0.2, 0) is 22.3 Å². The van der Waals surface area contributed by atoms with Crippen LogP contribution in [0.25, 0.3) is 0 Å². The lowest BCUT2D eigenvalue weighted by Crippen LogP contribution is -1.99. The van der Waals surface area contributed by atoms with Gasteiger partial charge >= 0.3 is 0 Å². The molecular weight excluding hydrogens is 228 g/mol. The SMILES string of the molecule is Cc1ccc(C[S@@](=O)Cc2ccccc2)cc1. The minimum absolute atomic E-state index is 0.634. The Balaban J connectivity index is 1.96. The topological polar surface area (TPSA) is 17.1 Å². The van der Waals surface area contributed by atoms with Crippen molar-refractivity contribution in [1.82, 2.24) is 0 Å². The standard InChI is InChI=1S/C15H16OS/c1-13-7-9-15(10-8-13)12-17(16)11-14-5-3-2-4-6-14/h2-10H,11-12H2,1H3/t17-/m0/s1. The van der Waals surface area contributed by atoms with Gasteiger partial charge in [0.25, 0.3) is 0 Å². The lowest BCUT2D eigenvalue weighted by atomic mass is 10.2. The summed E-state index contributed by atoms with van der Waals surface area (Å²) in [6.45, 7) is 2.06. The Kier molecular flexibility index (Phi) is 4.10. The van der Waals surface area contributed by atoms with E-state index in [1.807, 2.05) is 30.3 Å². The van der Waals surface area contributed by atoms with Gasteiger partial charge < -0.3 is 0 Å². The van der Waals surface area contributed by atoms with E-state index in [0.717, 1.165) is 11.1 Å². The quantitative estimate of drug-likeness (QED) is 0.805. The Morgan fingerprint density at radius 3 is 1.94 bits per heavy atom. The van der Waals surface area contributed by atoms with Crippen LogP contribution in [0.1, 0.15) is 16.7 Å². The number of hydrogen-bond acceptors (Lipinski definition) is 1. The van der Waals surface area contributed by atoms with E-state index >= 15 is 0 Å². The Hall–Kier alpha value is -1.41. The highest BCUT2D eigenvalue weighted by atomic mass is 32.2. The van der Waals surface area contributed by atoms with Crippen molar-refractivity contribution < 1.29 is 4.21 Å². The summed E-state index contributed by atoms with van der Waals surface area (Å²) in [4.78, 5) is 0. The summed E-state index contributed by atoms with van der Waals surface area (Å²) in [5.41, 5.74) is 3.52. The van der Waals surface area contributed by atoms with E-state index in [4.69, 9.17) is 0 Å². The smallest absolute Gasteiger partial charge is 0.0489 e. The summed E-state index contributed by atoms with van der Waals surface area (Å²) in [7, 11) is -0.829. The molecule has 0 saturated carbocycles. The van der Waals surface area contributed by atoms with Crippen LogP contribution < -0.4 is 0 Å². The van der Waals surface area contributed by atoms with Crippen molar-refractivity contribution in [3.63, 3.8) is 0 Å². The molecule has 0 unspecified atom stereocenters. The van der Waals surface area contributed by atoms with Crippen LogP contribution in [0.2, 0.25) is 0 Å². The molecule has 2 rings (SSSR count). The van der Waals surface area contributed by atoms with E-state index < -0.39 is 10.8 Å². The van der Waals surface area contributed by atoms with Gasteiger partial charge in [-0.25, -0.2) is 0 Å². The summed E-state index contributed by atoms with van der Waals surface area (Å²) in [5.74, 6) is 1.27. The van der Waals surface area contributed by atoms with Crippen molar-refractivity contribution in [3.05, 3.63) is 71.3 Å². The van der Waals surface area contributed by atoms with Gasteiger partial charge in [0.2, 0.25) is 0 Å². The molecule has 0 heterocycles. The van der Waals surface area contributed by atoms with Crippen LogP contribution in [0.4, 0.5) is 0 Å². The van der Waals surface area contributed by atoms with E-state index in [2.05, 4.69) is 31.2 Å². The normalized spacial score (nSPS) is 12.3. The second-order valence-corrected chi connectivity index (χ2v) is 5.66. The van der Waals surface area contributed by atoms with Gasteiger partial charge in [-0.2, -0.15) is 0 Å². The highest BCUT2D eigenvalue weighted by Crippen LogP contribution is 2.10. The average molecular weight is 244 g/mol. The van der Waals surface area contributed by atoms with Crippen molar-refractivity contribution in [2.75, 3.05) is 0 Å². The van der Waals surface area contributed by atoms with Gasteiger partial charge in [-0.15, -0.1) is 0 Å². The molecule has 0 aromatic heterocycles. The van der Waals surface area contributed by atoms with E-state index in [1.165, 1.54) is 5.56 Å². The molecule has 0 radical (unpaired) electrons. The number of aryl methyl sites for hydroxylation is 1. The Morgan fingerprint density at radius 1 is 0.824 bits per heavy atom. The Labute approximate surface area is 105 Å². The molecule has 2 heteroatoms. The van der Waals surface area contributed by atoms with Crippen molar-refractivity contribution >= 4 is 10.8 Å². The summed E-state index contributed by atoms with van der Waals surface area (Å²) < 4.78 is 12.0. The van der Waals surface area contributed by atoms with Crippen LogP contribution in [0, 0.1) is 6.92 Å². The fraction of sp³-hybridized carbons (Fsp3) is 0.200. The lowest BCUT2D eigenvalue weighted by Gasteiger charge is -2.03. The third kappa shape index (κ3) is 3.82. The minimum Gasteiger partial charge on any atom is -0.259 e. The van der Waals surface area contributed by atoms with Gasteiger partial charge in [0.15, 0.2) is 0 Å². The van der Waals surface area contributed by atoms with Gasteiger partial charge in [-0.3, -0.25) is 4.21 Å². The number of benzene rings is 2. The molecule has 88 valence electrons. The highest BCUT2D eigenvalue weighted by molar-refractivity contribution is 7.83. The first-order valence-corrected chi connectivity index (χ1v) is 7.17. The molecule has 1 nitrogen and oxygen atoms in total. The van der Waals surface area contributed by atoms with Crippen LogP contribution in [0.15, 0.2) is 54.6 Å². The molecule has 2 aromatic rings. The largest absolute Gasteiger partial charge is 0.259 e. The lowest BCUT2D eigenvalue weighted by molar-refractivity contribution is 0.682. The number of hydrogen-bond donors (Lipinski definition) is 0. The van der Waals surface area contributed by atoms with E-state index in [0.29, 0.717) is 11.5 Å². The zero-order valence-corrected chi connectivity index (χ0v) is 10.7. The highest BCUT2D eigenvalue weighted by Gasteiger charge is 2.02. The molecule has 1 atom stereocenters. The molecule has 0 saturated heterocycles. The molecule has 0 spiro atoms. The Morgan fingerprint density at radius 2 is 1.35 bits per heavy atom. The van der Waals surface area contributed by atoms with Gasteiger partial charge in [-0.1, -0.05) is 60.2 Å². The molecule has 0 aliphatic rings. The van der Waals surface area contributed by atoms with Gasteiger partial charge in [0, 0.05) is 22.3 Å². The molecular formula is C15H16OS. The molecule has 0 amide bonds. The molecule has 2 aromatic carbocycles. The predicted octanol–water partition coefficient (Wildman–Crippen LogP) is 3.44. The maximum atomic E-state index is 12.0. The second-order valence-electron chi connectivity index (χ2n) is 4.20. The minimum atomic E-state index is -0.829. The average Bonchev–Trinajstić information content (AvgIpc) is 2.33. The maximum absolute atomic E-state index is 12.0. The summed E-state index contributed by atoms with van der Waals surface area (Å²) >= 11 is 0. The van der Waals surface area contributed by atoms with Crippen LogP contribution in [-0.4, -0.2) is 4.21 Å². The monoisotopic (exact) mass is 244 g/mol. The third-order valence-corrected chi connectivity index (χ3v) is 3.93. The van der Waals surface area contributed by atoms with E-state index in [1.54, 1.807) is 0 Å². The fourth-order valence-corrected chi connectivity index (χ4v) is 2.91. The molecule has 0 fully saturated rings. The maximum Gasteiger partial charge on any atom is 0.0489 e. The zero-order chi connectivity index (χ0) is 12.1. The molecule has 17 heavy (non-hydrogen) atoms. The summed E-state index contributed by atoms with van der Waals surface area (Å²) in [5, 5.41) is 0. The second kappa shape index (κ2) is 5.78. The molecule has 0 bridgehead atoms. The van der Waals surface area contributed by atoms with Gasteiger partial charge in [0.1, 0.15) is 0 Å². The van der Waals surface area contributed by atoms with Crippen molar-refractivity contribution in [2.45, 2.75) is 18.4 Å². The van der Waals surface area contributed by atoms with E-state index in [9.17, 15) is 4.21 Å². The first kappa shape index (κ1) is 12.1. The Bertz CT molecular complexity index is 488. The van der Waals surface area contributed by atoms with Gasteiger partial charge in [0.05, 0.1) is 0 Å². The van der Waals surface area contributed by atoms with E-state index in [-0.39, 0.29) is 0 Å². The molecule has 0 aliphatic heterocycles. The van der Waals surface area contributed by atoms with Crippen LogP contribution in [0.3, 0.4) is 0 Å². The zero-order valence-electron chi connectivity index (χ0n) is 9.93. The third-order valence-electron chi connectivity index (χ3n) is 2.62. The molecule has 0 N–H and O–H groups in total. The van der Waals surface area contributed by atoms with Crippen molar-refractivity contribution in [1.29, 1.82) is 0 Å². The summed E-state index contributed by atoms with van der Waals surface area (Å²) in [6.07, 6.45) is 0. The van der Waals surface area contributed by atoms with Crippen molar-refractivity contribution in [2.24, 2.45) is 0 Å². The van der Waals surface area contributed by atoms with Crippen molar-refractivity contribution in [3.8, 4) is 0 Å². The van der Waals surface area contributed by atoms with Gasteiger partial charge in [-0.05, 0) is 18.1 Å². The fourth-order valence-electron chi connectivity index (χ4n) is 1.68. The first-order chi connectivity index (χ1) is 8.24. The molecule has 0 aliphatic carbocycles. The van der Waals surface area contributed by atoms with Crippen LogP contribution in [0.5, 0.6) is 0 Å². The number of rotatable bonds is 4. The van der Waals surface area contributed by atoms with Crippen LogP contribution >= 0.6 is 0 Å². The summed E-state index contributed by atoms with van der Waals surface area (Å²) in [6, 6.07) is 18.2.